The molecule has 0 saturated heterocycles. The molecule has 4 aromatic rings. The number of halogens is 1. The molecule has 3 heterocycles. The van der Waals surface area contributed by atoms with E-state index in [1.807, 2.05) is 0 Å². The number of carbonyl (C=O) groups excluding carboxylic acids is 1. The molecule has 2 aromatic carbocycles. The predicted molar refractivity (Wildman–Crippen MR) is 150 cm³/mol. The largest absolute Gasteiger partial charge is 0.497 e. The van der Waals surface area contributed by atoms with Crippen molar-refractivity contribution in [2.75, 3.05) is 13.7 Å². The summed E-state index contributed by atoms with van der Waals surface area (Å²) in [6.45, 7) is 3.62. The third kappa shape index (κ3) is 4.99. The van der Waals surface area contributed by atoms with Crippen LogP contribution in [0, 0.1) is 0 Å². The van der Waals surface area contributed by atoms with Gasteiger partial charge in [0.2, 0.25) is 0 Å². The summed E-state index contributed by atoms with van der Waals surface area (Å²) in [5, 5.41) is 9.30. The van der Waals surface area contributed by atoms with Gasteiger partial charge >= 0.3 is 11.9 Å². The van der Waals surface area contributed by atoms with E-state index in [-0.39, 0.29) is 28.3 Å². The van der Waals surface area contributed by atoms with Crippen LogP contribution >= 0.6 is 22.9 Å². The summed E-state index contributed by atoms with van der Waals surface area (Å²) >= 11 is 7.29. The molecule has 9 nitrogen and oxygen atoms in total. The molecule has 40 heavy (non-hydrogen) atoms. The fourth-order valence-electron chi connectivity index (χ4n) is 4.45. The summed E-state index contributed by atoms with van der Waals surface area (Å²) in [5.41, 5.74) is 1.69. The molecule has 0 fully saturated rings. The molecule has 204 valence electrons. The Bertz CT molecular complexity index is 1850. The van der Waals surface area contributed by atoms with E-state index in [2.05, 4.69) is 4.99 Å². The second-order valence-electron chi connectivity index (χ2n) is 8.78. The number of carbonyl (C=O) groups is 2. The Morgan fingerprint density at radius 2 is 1.93 bits per heavy atom. The predicted octanol–water partition coefficient (Wildman–Crippen LogP) is 4.42. The van der Waals surface area contributed by atoms with Crippen molar-refractivity contribution in [1.82, 2.24) is 4.57 Å². The molecule has 1 atom stereocenters. The van der Waals surface area contributed by atoms with Crippen molar-refractivity contribution >= 4 is 41.0 Å². The number of allylic oxidation sites excluding steroid dienone is 1. The van der Waals surface area contributed by atoms with Gasteiger partial charge in [0.1, 0.15) is 17.3 Å². The maximum absolute atomic E-state index is 13.7. The van der Waals surface area contributed by atoms with Gasteiger partial charge in [-0.2, -0.15) is 0 Å². The van der Waals surface area contributed by atoms with Gasteiger partial charge in [0.25, 0.3) is 5.56 Å². The molecule has 0 spiro atoms. The number of furan rings is 1. The summed E-state index contributed by atoms with van der Waals surface area (Å²) in [6, 6.07) is 14.3. The lowest BCUT2D eigenvalue weighted by atomic mass is 9.96. The van der Waals surface area contributed by atoms with Crippen molar-refractivity contribution in [3.05, 3.63) is 107 Å². The van der Waals surface area contributed by atoms with Crippen molar-refractivity contribution in [1.29, 1.82) is 0 Å². The second-order valence-corrected chi connectivity index (χ2v) is 10.2. The van der Waals surface area contributed by atoms with Crippen LogP contribution in [0.1, 0.15) is 41.6 Å². The minimum Gasteiger partial charge on any atom is -0.497 e. The minimum atomic E-state index is -1.12. The van der Waals surface area contributed by atoms with Crippen LogP contribution in [-0.4, -0.2) is 35.3 Å². The summed E-state index contributed by atoms with van der Waals surface area (Å²) in [5.74, 6) is -0.166. The van der Waals surface area contributed by atoms with Gasteiger partial charge in [-0.25, -0.2) is 14.6 Å². The average Bonchev–Trinajstić information content (AvgIpc) is 3.52. The number of aromatic carboxylic acids is 1. The van der Waals surface area contributed by atoms with Crippen LogP contribution in [0.3, 0.4) is 0 Å². The Labute approximate surface area is 236 Å². The van der Waals surface area contributed by atoms with Crippen molar-refractivity contribution < 1.29 is 28.6 Å². The number of thiazole rings is 1. The van der Waals surface area contributed by atoms with Gasteiger partial charge in [-0.05, 0) is 55.8 Å². The molecular formula is C29H23ClN2O7S. The number of ether oxygens (including phenoxy) is 2. The van der Waals surface area contributed by atoms with E-state index in [1.54, 1.807) is 69.5 Å². The van der Waals surface area contributed by atoms with Crippen molar-refractivity contribution in [2.24, 2.45) is 4.99 Å². The zero-order valence-corrected chi connectivity index (χ0v) is 23.2. The molecule has 5 rings (SSSR count). The monoisotopic (exact) mass is 578 g/mol. The van der Waals surface area contributed by atoms with E-state index >= 15 is 0 Å². The van der Waals surface area contributed by atoms with Crippen molar-refractivity contribution in [2.45, 2.75) is 19.9 Å². The fraction of sp³-hybridized carbons (Fsp3) is 0.172. The lowest BCUT2D eigenvalue weighted by molar-refractivity contribution is -0.139. The first-order chi connectivity index (χ1) is 19.2. The zero-order valence-electron chi connectivity index (χ0n) is 21.6. The van der Waals surface area contributed by atoms with Gasteiger partial charge in [0, 0.05) is 11.6 Å². The van der Waals surface area contributed by atoms with E-state index in [9.17, 15) is 19.5 Å². The lowest BCUT2D eigenvalue weighted by Crippen LogP contribution is -2.39. The molecule has 11 heteroatoms. The minimum absolute atomic E-state index is 0.0119. The standard InChI is InChI=1S/C29H23ClN2O7S/c1-4-38-28(36)24-15(2)31-29-32(25(24)16-5-8-18(37-3)9-6-16)26(33)23(40-29)14-19-10-12-22(39-19)17-7-11-20(27(34)35)21(30)13-17/h5-14,25H,4H2,1-3H3,(H,34,35)/b23-14+/t25-/m0/s1. The maximum Gasteiger partial charge on any atom is 0.338 e. The van der Waals surface area contributed by atoms with Crippen LogP contribution < -0.4 is 19.6 Å². The highest BCUT2D eigenvalue weighted by atomic mass is 35.5. The Morgan fingerprint density at radius 3 is 2.58 bits per heavy atom. The Balaban J connectivity index is 1.59. The van der Waals surface area contributed by atoms with Crippen LogP contribution in [0.25, 0.3) is 17.4 Å². The Hall–Kier alpha value is -4.41. The summed E-state index contributed by atoms with van der Waals surface area (Å²) < 4.78 is 18.4. The molecular weight excluding hydrogens is 556 g/mol. The van der Waals surface area contributed by atoms with Crippen LogP contribution in [0.2, 0.25) is 5.02 Å². The Kier molecular flexibility index (Phi) is 7.46. The van der Waals surface area contributed by atoms with Gasteiger partial charge in [-0.3, -0.25) is 9.36 Å². The molecule has 1 aliphatic heterocycles. The third-order valence-corrected chi connectivity index (χ3v) is 7.63. The van der Waals surface area contributed by atoms with E-state index < -0.39 is 18.0 Å². The first-order valence-electron chi connectivity index (χ1n) is 12.2. The summed E-state index contributed by atoms with van der Waals surface area (Å²) in [7, 11) is 1.56. The molecule has 0 radical (unpaired) electrons. The van der Waals surface area contributed by atoms with Crippen molar-refractivity contribution in [3.8, 4) is 17.1 Å². The molecule has 0 unspecified atom stereocenters. The average molecular weight is 579 g/mol. The van der Waals surface area contributed by atoms with E-state index in [0.717, 1.165) is 0 Å². The molecule has 0 amide bonds. The highest BCUT2D eigenvalue weighted by Gasteiger charge is 2.33. The molecule has 1 aliphatic rings. The Morgan fingerprint density at radius 1 is 1.18 bits per heavy atom. The number of methoxy groups -OCH3 is 1. The molecule has 0 saturated carbocycles. The van der Waals surface area contributed by atoms with Gasteiger partial charge in [0.05, 0.1) is 46.1 Å². The highest BCUT2D eigenvalue weighted by Crippen LogP contribution is 2.32. The van der Waals surface area contributed by atoms with E-state index in [1.165, 1.54) is 28.0 Å². The van der Waals surface area contributed by atoms with E-state index in [4.69, 9.17) is 25.5 Å². The second kappa shape index (κ2) is 11.0. The molecule has 0 aliphatic carbocycles. The first kappa shape index (κ1) is 27.2. The van der Waals surface area contributed by atoms with Crippen LogP contribution in [0.5, 0.6) is 5.75 Å². The normalized spacial score (nSPS) is 15.0. The van der Waals surface area contributed by atoms with Crippen LogP contribution in [0.15, 0.2) is 80.1 Å². The number of benzene rings is 2. The zero-order chi connectivity index (χ0) is 28.6. The van der Waals surface area contributed by atoms with Crippen molar-refractivity contribution in [3.63, 3.8) is 0 Å². The lowest BCUT2D eigenvalue weighted by Gasteiger charge is -2.24. The maximum atomic E-state index is 13.7. The fourth-order valence-corrected chi connectivity index (χ4v) is 5.74. The van der Waals surface area contributed by atoms with Gasteiger partial charge < -0.3 is 19.0 Å². The number of rotatable bonds is 7. The SMILES string of the molecule is CCOC(=O)C1=C(C)N=c2s/c(=C/c3ccc(-c4ccc(C(=O)O)c(Cl)c4)o3)c(=O)n2[C@H]1c1ccc(OC)cc1. The molecule has 1 N–H and O–H groups in total. The molecule has 0 bridgehead atoms. The van der Waals surface area contributed by atoms with Crippen LogP contribution in [0.4, 0.5) is 0 Å². The smallest absolute Gasteiger partial charge is 0.338 e. The van der Waals surface area contributed by atoms with E-state index in [0.29, 0.717) is 43.4 Å². The number of hydrogen-bond donors (Lipinski definition) is 1. The van der Waals surface area contributed by atoms with Gasteiger partial charge in [-0.15, -0.1) is 0 Å². The summed E-state index contributed by atoms with van der Waals surface area (Å²) in [4.78, 5) is 43.0. The van der Waals surface area contributed by atoms with Gasteiger partial charge in [-0.1, -0.05) is 41.1 Å². The number of carboxylic acid groups (broad SMARTS) is 1. The number of nitrogens with zero attached hydrogens (tertiary/aromatic N) is 2. The first-order valence-corrected chi connectivity index (χ1v) is 13.4. The number of aromatic nitrogens is 1. The topological polar surface area (TPSA) is 120 Å². The quantitative estimate of drug-likeness (QED) is 0.322. The highest BCUT2D eigenvalue weighted by molar-refractivity contribution is 7.07. The third-order valence-electron chi connectivity index (χ3n) is 6.33. The number of hydrogen-bond acceptors (Lipinski definition) is 8. The number of carboxylic acids is 1. The summed E-state index contributed by atoms with van der Waals surface area (Å²) in [6.07, 6.45) is 1.61. The number of esters is 1. The van der Waals surface area contributed by atoms with Gasteiger partial charge in [0.15, 0.2) is 4.80 Å². The number of fused-ring (bicyclic) bond motifs is 1. The van der Waals surface area contributed by atoms with Crippen LogP contribution in [-0.2, 0) is 9.53 Å². The molecule has 2 aromatic heterocycles.